The minimum Gasteiger partial charge on any atom is -0.510 e. The second-order valence-electron chi connectivity index (χ2n) is 10.9. The zero-order valence-electron chi connectivity index (χ0n) is 21.7. The summed E-state index contributed by atoms with van der Waals surface area (Å²) in [6.45, 7) is 3.22. The first-order valence-electron chi connectivity index (χ1n) is 13.1. The second-order valence-corrected chi connectivity index (χ2v) is 10.9. The average Bonchev–Trinajstić information content (AvgIpc) is 2.88. The number of nitrogens with two attached hydrogens (primary N) is 4. The first-order valence-corrected chi connectivity index (χ1v) is 13.1. The summed E-state index contributed by atoms with van der Waals surface area (Å²) in [5.41, 5.74) is 22.4. The minimum atomic E-state index is -1.56. The number of hydrogen-bond acceptors (Lipinski definition) is 16. The van der Waals surface area contributed by atoms with Gasteiger partial charge in [0.1, 0.15) is 41.9 Å². The summed E-state index contributed by atoms with van der Waals surface area (Å²) in [5, 5.41) is 65.7. The smallest absolute Gasteiger partial charge is 0.190 e. The normalized spacial score (nSPS) is 52.7. The van der Waals surface area contributed by atoms with Crippen LogP contribution in [0.3, 0.4) is 0 Å². The fourth-order valence-corrected chi connectivity index (χ4v) is 5.75. The second kappa shape index (κ2) is 12.0. The average molecular weight is 566 g/mol. The zero-order valence-corrected chi connectivity index (χ0v) is 21.7. The molecule has 3 aliphatic heterocycles. The Morgan fingerprint density at radius 3 is 2.21 bits per heavy atom. The van der Waals surface area contributed by atoms with Crippen LogP contribution in [0.2, 0.25) is 0 Å². The highest BCUT2D eigenvalue weighted by molar-refractivity contribution is 5.10. The number of nitrogens with one attached hydrogen (secondary N) is 1. The van der Waals surface area contributed by atoms with Gasteiger partial charge in [0.25, 0.3) is 0 Å². The van der Waals surface area contributed by atoms with Crippen molar-refractivity contribution < 1.29 is 54.3 Å². The topological polar surface area (TPSA) is 284 Å². The van der Waals surface area contributed by atoms with Crippen LogP contribution in [-0.2, 0) is 23.7 Å². The molecule has 15 N–H and O–H groups in total. The van der Waals surface area contributed by atoms with E-state index in [0.29, 0.717) is 0 Å². The lowest BCUT2D eigenvalue weighted by molar-refractivity contribution is -0.378. The number of fused-ring (bicyclic) bond motifs is 1. The highest BCUT2D eigenvalue weighted by Gasteiger charge is 2.55. The lowest BCUT2D eigenvalue weighted by Crippen LogP contribution is -2.70. The lowest BCUT2D eigenvalue weighted by Gasteiger charge is -2.51. The molecule has 3 saturated heterocycles. The largest absolute Gasteiger partial charge is 0.510 e. The van der Waals surface area contributed by atoms with E-state index >= 15 is 0 Å². The third kappa shape index (κ3) is 5.83. The molecule has 39 heavy (non-hydrogen) atoms. The van der Waals surface area contributed by atoms with Crippen LogP contribution in [0.1, 0.15) is 19.3 Å². The number of hydrogen-bond donors (Lipinski definition) is 11. The van der Waals surface area contributed by atoms with Gasteiger partial charge < -0.3 is 82.6 Å². The summed E-state index contributed by atoms with van der Waals surface area (Å²) in [4.78, 5) is 0. The lowest BCUT2D eigenvalue weighted by atomic mass is 9.84. The molecular formula is C23H43N5O11. The minimum absolute atomic E-state index is 0.139. The molecular weight excluding hydrogens is 522 g/mol. The molecule has 1 saturated carbocycles. The summed E-state index contributed by atoms with van der Waals surface area (Å²) in [6.07, 6.45) is -13.1. The molecule has 0 aromatic rings. The number of aliphatic hydroxyl groups is 6. The van der Waals surface area contributed by atoms with Gasteiger partial charge in [0.2, 0.25) is 0 Å². The molecule has 0 aromatic carbocycles. The summed E-state index contributed by atoms with van der Waals surface area (Å²) >= 11 is 0. The van der Waals surface area contributed by atoms with Gasteiger partial charge in [-0.2, -0.15) is 0 Å². The van der Waals surface area contributed by atoms with E-state index < -0.39 is 103 Å². The van der Waals surface area contributed by atoms with E-state index in [9.17, 15) is 30.6 Å². The van der Waals surface area contributed by atoms with Gasteiger partial charge in [-0.1, -0.05) is 6.58 Å². The highest BCUT2D eigenvalue weighted by atomic mass is 16.8. The molecule has 4 fully saturated rings. The van der Waals surface area contributed by atoms with E-state index in [1.165, 1.54) is 0 Å². The Balaban J connectivity index is 1.46. The van der Waals surface area contributed by atoms with Crippen molar-refractivity contribution in [2.75, 3.05) is 13.6 Å². The van der Waals surface area contributed by atoms with Gasteiger partial charge in [0.05, 0.1) is 30.4 Å². The maximum absolute atomic E-state index is 11.2. The van der Waals surface area contributed by atoms with Crippen LogP contribution in [0, 0.1) is 0 Å². The summed E-state index contributed by atoms with van der Waals surface area (Å²) in [5.74, 6) is -0.436. The molecule has 16 heteroatoms. The van der Waals surface area contributed by atoms with Crippen LogP contribution in [0.5, 0.6) is 0 Å². The van der Waals surface area contributed by atoms with E-state index in [0.717, 1.165) is 0 Å². The standard InChI is InChI=1S/C23H43N5O11/c1-7(29)23(6-24)5-11(30)15(32)22(39-23)38-21-13(28-2)16(33)19-12(35-21)4-10(27)20(37-19)36-18-9(26)3-8(25)14(31)17(18)34/h8-22,28-34H,1,3-6,24-27H2,2H3/t8-,9?,10?,11?,12+,13?,14?,15?,16?,17?,18-,19?,20+,21?,22+,23?/m1/s1. The Morgan fingerprint density at radius 1 is 0.897 bits per heavy atom. The predicted octanol–water partition coefficient (Wildman–Crippen LogP) is -5.48. The SMILES string of the molecule is C=C(O)C1(CN)CC(O)C(O)[C@@H](OC2O[C@H]3CC(N)[C@@H](O[C@@H]4C(N)C[C@@H](N)C(O)C4O)OC3C(O)C2NC)O1. The van der Waals surface area contributed by atoms with E-state index in [2.05, 4.69) is 11.9 Å². The fourth-order valence-electron chi connectivity index (χ4n) is 5.75. The first-order chi connectivity index (χ1) is 18.3. The van der Waals surface area contributed by atoms with E-state index in [-0.39, 0.29) is 25.8 Å². The van der Waals surface area contributed by atoms with Crippen LogP contribution in [0.4, 0.5) is 0 Å². The van der Waals surface area contributed by atoms with Gasteiger partial charge in [-0.25, -0.2) is 0 Å². The maximum atomic E-state index is 11.2. The first kappa shape index (κ1) is 30.9. The predicted molar refractivity (Wildman–Crippen MR) is 132 cm³/mol. The molecule has 0 amide bonds. The Hall–Kier alpha value is -1.06. The van der Waals surface area contributed by atoms with E-state index in [1.54, 1.807) is 7.05 Å². The van der Waals surface area contributed by atoms with Crippen LogP contribution in [0.25, 0.3) is 0 Å². The number of likely N-dealkylation sites (N-methyl/N-ethyl adjacent to an activating group) is 1. The number of aliphatic hydroxyl groups excluding tert-OH is 6. The molecule has 1 aliphatic carbocycles. The van der Waals surface area contributed by atoms with E-state index in [4.69, 9.17) is 46.6 Å². The molecule has 226 valence electrons. The van der Waals surface area contributed by atoms with Gasteiger partial charge in [0, 0.05) is 25.0 Å². The number of ether oxygens (including phenoxy) is 5. The molecule has 4 rings (SSSR count). The van der Waals surface area contributed by atoms with Crippen molar-refractivity contribution in [3.63, 3.8) is 0 Å². The highest BCUT2D eigenvalue weighted by Crippen LogP contribution is 2.38. The Labute approximate surface area is 225 Å². The maximum Gasteiger partial charge on any atom is 0.190 e. The summed E-state index contributed by atoms with van der Waals surface area (Å²) < 4.78 is 29.6. The van der Waals surface area contributed by atoms with Crippen molar-refractivity contribution in [2.45, 2.75) is 117 Å². The van der Waals surface area contributed by atoms with E-state index in [1.807, 2.05) is 0 Å². The Kier molecular flexibility index (Phi) is 9.54. The molecule has 11 unspecified atom stereocenters. The van der Waals surface area contributed by atoms with Gasteiger partial charge in [0.15, 0.2) is 18.9 Å². The van der Waals surface area contributed by atoms with Crippen molar-refractivity contribution >= 4 is 0 Å². The van der Waals surface area contributed by atoms with Gasteiger partial charge in [-0.3, -0.25) is 0 Å². The molecule has 4 aliphatic rings. The number of rotatable bonds is 7. The Morgan fingerprint density at radius 2 is 1.59 bits per heavy atom. The van der Waals surface area contributed by atoms with Crippen LogP contribution in [-0.4, -0.2) is 142 Å². The molecule has 0 spiro atoms. The van der Waals surface area contributed by atoms with Crippen LogP contribution < -0.4 is 28.3 Å². The van der Waals surface area contributed by atoms with Crippen LogP contribution in [0.15, 0.2) is 12.3 Å². The monoisotopic (exact) mass is 565 g/mol. The fraction of sp³-hybridized carbons (Fsp3) is 0.913. The summed E-state index contributed by atoms with van der Waals surface area (Å²) in [6, 6.07) is -3.09. The van der Waals surface area contributed by atoms with Gasteiger partial charge in [-0.05, 0) is 19.9 Å². The molecule has 16 nitrogen and oxygen atoms in total. The Bertz CT molecular complexity index is 859. The van der Waals surface area contributed by atoms with Gasteiger partial charge >= 0.3 is 0 Å². The van der Waals surface area contributed by atoms with Crippen molar-refractivity contribution in [1.82, 2.24) is 5.32 Å². The third-order valence-electron chi connectivity index (χ3n) is 8.21. The molecule has 0 aromatic heterocycles. The molecule has 0 bridgehead atoms. The molecule has 16 atom stereocenters. The quantitative estimate of drug-likeness (QED) is 0.128. The zero-order chi connectivity index (χ0) is 28.8. The molecule has 0 radical (unpaired) electrons. The van der Waals surface area contributed by atoms with Crippen molar-refractivity contribution in [1.29, 1.82) is 0 Å². The van der Waals surface area contributed by atoms with Crippen LogP contribution >= 0.6 is 0 Å². The molecule has 3 heterocycles. The summed E-state index contributed by atoms with van der Waals surface area (Å²) in [7, 11) is 1.55. The van der Waals surface area contributed by atoms with Crippen molar-refractivity contribution in [3.8, 4) is 0 Å². The van der Waals surface area contributed by atoms with Crippen molar-refractivity contribution in [3.05, 3.63) is 12.3 Å². The van der Waals surface area contributed by atoms with Crippen molar-refractivity contribution in [2.24, 2.45) is 22.9 Å². The van der Waals surface area contributed by atoms with Gasteiger partial charge in [-0.15, -0.1) is 0 Å². The third-order valence-corrected chi connectivity index (χ3v) is 8.21.